The van der Waals surface area contributed by atoms with Gasteiger partial charge < -0.3 is 9.32 Å². The zero-order chi connectivity index (χ0) is 21.2. The minimum Gasteiger partial charge on any atom is -0.445 e. The predicted octanol–water partition coefficient (Wildman–Crippen LogP) is 4.97. The molecule has 1 fully saturated rings. The molecule has 2 aromatic carbocycles. The third-order valence-electron chi connectivity index (χ3n) is 5.71. The summed E-state index contributed by atoms with van der Waals surface area (Å²) in [4.78, 5) is 23.9. The number of carbonyl (C=O) groups is 1. The maximum atomic E-state index is 13.4. The minimum atomic E-state index is -0.263. The second-order valence-electron chi connectivity index (χ2n) is 7.95. The molecule has 1 unspecified atom stereocenters. The second-order valence-corrected chi connectivity index (χ2v) is 7.95. The largest absolute Gasteiger partial charge is 0.445 e. The van der Waals surface area contributed by atoms with E-state index in [9.17, 15) is 9.18 Å². The highest BCUT2D eigenvalue weighted by atomic mass is 19.1. The monoisotopic (exact) mass is 415 g/mol. The summed E-state index contributed by atoms with van der Waals surface area (Å²) in [6, 6.07) is 18.0. The zero-order valence-corrected chi connectivity index (χ0v) is 17.0. The first-order valence-electron chi connectivity index (χ1n) is 10.5. The van der Waals surface area contributed by atoms with Crippen molar-refractivity contribution in [3.63, 3.8) is 0 Å². The second kappa shape index (κ2) is 8.30. The molecule has 5 rings (SSSR count). The molecule has 156 valence electrons. The quantitative estimate of drug-likeness (QED) is 0.472. The number of benzene rings is 2. The minimum absolute atomic E-state index is 0.0411. The summed E-state index contributed by atoms with van der Waals surface area (Å²) < 4.78 is 19.4. The van der Waals surface area contributed by atoms with Crippen LogP contribution in [0.3, 0.4) is 0 Å². The van der Waals surface area contributed by atoms with Crippen molar-refractivity contribution in [3.05, 3.63) is 95.6 Å². The van der Waals surface area contributed by atoms with Crippen molar-refractivity contribution in [2.45, 2.75) is 25.2 Å². The number of carbonyl (C=O) groups excluding carboxylic acids is 1. The van der Waals surface area contributed by atoms with E-state index in [0.29, 0.717) is 36.9 Å². The summed E-state index contributed by atoms with van der Waals surface area (Å²) in [5.74, 6) is 1.04. The van der Waals surface area contributed by atoms with Gasteiger partial charge in [0.15, 0.2) is 5.89 Å². The highest BCUT2D eigenvalue weighted by Crippen LogP contribution is 2.28. The van der Waals surface area contributed by atoms with Crippen molar-refractivity contribution in [1.29, 1.82) is 0 Å². The van der Waals surface area contributed by atoms with Gasteiger partial charge in [-0.2, -0.15) is 0 Å². The molecule has 1 saturated heterocycles. The number of rotatable bonds is 4. The molecule has 1 atom stereocenters. The Hall–Kier alpha value is -3.54. The third-order valence-corrected chi connectivity index (χ3v) is 5.71. The van der Waals surface area contributed by atoms with Crippen LogP contribution in [0.1, 0.15) is 46.5 Å². The van der Waals surface area contributed by atoms with Crippen LogP contribution >= 0.6 is 0 Å². The molecule has 1 amide bonds. The summed E-state index contributed by atoms with van der Waals surface area (Å²) in [7, 11) is 0. The molecular formula is C25H22FN3O2. The number of nitrogens with zero attached hydrogens (tertiary/aromatic N) is 3. The first kappa shape index (κ1) is 19.4. The standard InChI is InChI=1S/C25H22FN3O2/c26-20-8-3-5-17(13-20)14-21-15-27-24(31-21)19-7-4-12-29(16-19)25(30)23-11-10-18-6-1-2-9-22(18)28-23/h1-3,5-6,8-11,13,15,19H,4,7,12,14,16H2. The van der Waals surface area contributed by atoms with Gasteiger partial charge in [-0.25, -0.2) is 14.4 Å². The Morgan fingerprint density at radius 2 is 2.03 bits per heavy atom. The molecule has 1 aliphatic heterocycles. The lowest BCUT2D eigenvalue weighted by molar-refractivity contribution is 0.0692. The molecule has 0 N–H and O–H groups in total. The molecule has 0 saturated carbocycles. The SMILES string of the molecule is O=C(c1ccc2ccccc2n1)N1CCCC(c2ncc(Cc3cccc(F)c3)o2)C1. The van der Waals surface area contributed by atoms with Crippen molar-refractivity contribution in [2.24, 2.45) is 0 Å². The van der Waals surface area contributed by atoms with E-state index in [2.05, 4.69) is 9.97 Å². The van der Waals surface area contributed by atoms with Crippen LogP contribution in [0.15, 0.2) is 71.3 Å². The van der Waals surface area contributed by atoms with Crippen LogP contribution in [0.25, 0.3) is 10.9 Å². The first-order valence-corrected chi connectivity index (χ1v) is 10.5. The Morgan fingerprint density at radius 3 is 2.94 bits per heavy atom. The van der Waals surface area contributed by atoms with E-state index >= 15 is 0 Å². The van der Waals surface area contributed by atoms with Crippen molar-refractivity contribution in [3.8, 4) is 0 Å². The molecule has 6 heteroatoms. The zero-order valence-electron chi connectivity index (χ0n) is 17.0. The van der Waals surface area contributed by atoms with Crippen LogP contribution in [0.4, 0.5) is 4.39 Å². The van der Waals surface area contributed by atoms with E-state index in [-0.39, 0.29) is 17.6 Å². The highest BCUT2D eigenvalue weighted by Gasteiger charge is 2.29. The van der Waals surface area contributed by atoms with Crippen molar-refractivity contribution >= 4 is 16.8 Å². The summed E-state index contributed by atoms with van der Waals surface area (Å²) >= 11 is 0. The molecule has 0 spiro atoms. The number of amides is 1. The lowest BCUT2D eigenvalue weighted by atomic mass is 9.97. The van der Waals surface area contributed by atoms with Gasteiger partial charge in [0.25, 0.3) is 5.91 Å². The van der Waals surface area contributed by atoms with Crippen LogP contribution in [0.5, 0.6) is 0 Å². The molecule has 5 nitrogen and oxygen atoms in total. The number of halogens is 1. The van der Waals surface area contributed by atoms with Gasteiger partial charge in [0.2, 0.25) is 0 Å². The fourth-order valence-electron chi connectivity index (χ4n) is 4.15. The van der Waals surface area contributed by atoms with E-state index < -0.39 is 0 Å². The summed E-state index contributed by atoms with van der Waals surface area (Å²) in [5.41, 5.74) is 2.11. The van der Waals surface area contributed by atoms with Crippen LogP contribution in [-0.2, 0) is 6.42 Å². The average molecular weight is 415 g/mol. The van der Waals surface area contributed by atoms with E-state index in [1.165, 1.54) is 12.1 Å². The number of aromatic nitrogens is 2. The van der Waals surface area contributed by atoms with Gasteiger partial charge in [0.1, 0.15) is 17.3 Å². The topological polar surface area (TPSA) is 59.2 Å². The molecular weight excluding hydrogens is 393 g/mol. The molecule has 31 heavy (non-hydrogen) atoms. The maximum absolute atomic E-state index is 13.4. The number of hydrogen-bond donors (Lipinski definition) is 0. The maximum Gasteiger partial charge on any atom is 0.272 e. The number of likely N-dealkylation sites (tertiary alicyclic amines) is 1. The van der Waals surface area contributed by atoms with E-state index in [1.54, 1.807) is 18.3 Å². The Morgan fingerprint density at radius 1 is 1.13 bits per heavy atom. The normalized spacial score (nSPS) is 16.5. The summed E-state index contributed by atoms with van der Waals surface area (Å²) in [6.45, 7) is 1.24. The Labute approximate surface area is 179 Å². The Bertz CT molecular complexity index is 1240. The molecule has 0 bridgehead atoms. The molecule has 1 aliphatic rings. The summed E-state index contributed by atoms with van der Waals surface area (Å²) in [5, 5.41) is 1.01. The molecule has 4 aromatic rings. The van der Waals surface area contributed by atoms with Gasteiger partial charge in [-0.05, 0) is 42.7 Å². The average Bonchev–Trinajstić information content (AvgIpc) is 3.27. The van der Waals surface area contributed by atoms with E-state index in [4.69, 9.17) is 4.42 Å². The predicted molar refractivity (Wildman–Crippen MR) is 115 cm³/mol. The number of hydrogen-bond acceptors (Lipinski definition) is 4. The molecule has 0 aliphatic carbocycles. The van der Waals surface area contributed by atoms with Gasteiger partial charge in [-0.15, -0.1) is 0 Å². The fourth-order valence-corrected chi connectivity index (χ4v) is 4.15. The number of oxazole rings is 1. The van der Waals surface area contributed by atoms with E-state index in [0.717, 1.165) is 29.3 Å². The van der Waals surface area contributed by atoms with Crippen molar-refractivity contribution in [1.82, 2.24) is 14.9 Å². The fraction of sp³-hybridized carbons (Fsp3) is 0.240. The Balaban J connectivity index is 1.29. The number of piperidine rings is 1. The molecule has 3 heterocycles. The lowest BCUT2D eigenvalue weighted by Gasteiger charge is -2.31. The van der Waals surface area contributed by atoms with Crippen LogP contribution in [0.2, 0.25) is 0 Å². The van der Waals surface area contributed by atoms with Gasteiger partial charge in [-0.3, -0.25) is 4.79 Å². The molecule has 0 radical (unpaired) electrons. The van der Waals surface area contributed by atoms with Crippen LogP contribution in [0, 0.1) is 5.82 Å². The van der Waals surface area contributed by atoms with Crippen molar-refractivity contribution in [2.75, 3.05) is 13.1 Å². The number of para-hydroxylation sites is 1. The first-order chi connectivity index (χ1) is 15.2. The van der Waals surface area contributed by atoms with Crippen LogP contribution < -0.4 is 0 Å². The van der Waals surface area contributed by atoms with Gasteiger partial charge in [0.05, 0.1) is 17.6 Å². The van der Waals surface area contributed by atoms with Gasteiger partial charge in [0, 0.05) is 24.9 Å². The lowest BCUT2D eigenvalue weighted by Crippen LogP contribution is -2.39. The van der Waals surface area contributed by atoms with Gasteiger partial charge in [-0.1, -0.05) is 36.4 Å². The number of fused-ring (bicyclic) bond motifs is 1. The third kappa shape index (κ3) is 4.19. The molecule has 2 aromatic heterocycles. The van der Waals surface area contributed by atoms with Crippen LogP contribution in [-0.4, -0.2) is 33.9 Å². The highest BCUT2D eigenvalue weighted by molar-refractivity contribution is 5.95. The van der Waals surface area contributed by atoms with Gasteiger partial charge >= 0.3 is 0 Å². The number of pyridine rings is 1. The smallest absolute Gasteiger partial charge is 0.272 e. The Kier molecular flexibility index (Phi) is 5.20. The van der Waals surface area contributed by atoms with Crippen molar-refractivity contribution < 1.29 is 13.6 Å². The summed E-state index contributed by atoms with van der Waals surface area (Å²) in [6.07, 6.45) is 3.98. The van der Waals surface area contributed by atoms with E-state index in [1.807, 2.05) is 41.3 Å².